The molecule has 0 saturated heterocycles. The molecule has 1 N–H and O–H groups in total. The average Bonchev–Trinajstić information content (AvgIpc) is 3.00. The molecule has 17 heavy (non-hydrogen) atoms. The van der Waals surface area contributed by atoms with E-state index in [4.69, 9.17) is 4.74 Å². The SMILES string of the molecule is Cl.Cn1ccc(CNCCCOCC2CC2)n1. The van der Waals surface area contributed by atoms with Crippen molar-refractivity contribution >= 4 is 12.4 Å². The van der Waals surface area contributed by atoms with Gasteiger partial charge < -0.3 is 10.1 Å². The Morgan fingerprint density at radius 3 is 3.00 bits per heavy atom. The third-order valence-corrected chi connectivity index (χ3v) is 2.77. The largest absolute Gasteiger partial charge is 0.381 e. The Balaban J connectivity index is 0.00000144. The summed E-state index contributed by atoms with van der Waals surface area (Å²) in [6, 6.07) is 2.04. The molecule has 98 valence electrons. The van der Waals surface area contributed by atoms with E-state index >= 15 is 0 Å². The zero-order chi connectivity index (χ0) is 11.2. The van der Waals surface area contributed by atoms with Crippen LogP contribution in [0.3, 0.4) is 0 Å². The molecule has 0 aromatic carbocycles. The van der Waals surface area contributed by atoms with E-state index in [1.807, 2.05) is 24.0 Å². The Hall–Kier alpha value is -0.580. The summed E-state index contributed by atoms with van der Waals surface area (Å²) in [6.45, 7) is 3.71. The smallest absolute Gasteiger partial charge is 0.0762 e. The van der Waals surface area contributed by atoms with Crippen molar-refractivity contribution in [2.75, 3.05) is 19.8 Å². The molecule has 0 aliphatic heterocycles. The van der Waals surface area contributed by atoms with E-state index in [0.29, 0.717) is 0 Å². The van der Waals surface area contributed by atoms with Crippen LogP contribution in [0.2, 0.25) is 0 Å². The van der Waals surface area contributed by atoms with Crippen LogP contribution in [-0.2, 0) is 18.3 Å². The molecule has 1 aliphatic rings. The number of hydrogen-bond donors (Lipinski definition) is 1. The first-order valence-electron chi connectivity index (χ1n) is 6.11. The first-order chi connectivity index (χ1) is 7.84. The zero-order valence-corrected chi connectivity index (χ0v) is 11.2. The number of nitrogens with one attached hydrogen (secondary N) is 1. The van der Waals surface area contributed by atoms with Crippen molar-refractivity contribution < 1.29 is 4.74 Å². The topological polar surface area (TPSA) is 39.1 Å². The zero-order valence-electron chi connectivity index (χ0n) is 10.4. The number of nitrogens with zero attached hydrogens (tertiary/aromatic N) is 2. The Morgan fingerprint density at radius 1 is 1.53 bits per heavy atom. The highest BCUT2D eigenvalue weighted by Crippen LogP contribution is 2.28. The fourth-order valence-electron chi connectivity index (χ4n) is 1.61. The average molecular weight is 260 g/mol. The van der Waals surface area contributed by atoms with E-state index in [0.717, 1.165) is 44.3 Å². The lowest BCUT2D eigenvalue weighted by molar-refractivity contribution is 0.122. The fraction of sp³-hybridized carbons (Fsp3) is 0.750. The van der Waals surface area contributed by atoms with Crippen LogP contribution >= 0.6 is 12.4 Å². The minimum atomic E-state index is 0. The van der Waals surface area contributed by atoms with Gasteiger partial charge in [-0.3, -0.25) is 4.68 Å². The molecule has 1 saturated carbocycles. The molecule has 0 radical (unpaired) electrons. The Kier molecular flexibility index (Phi) is 6.55. The van der Waals surface area contributed by atoms with E-state index in [1.54, 1.807) is 0 Å². The number of halogens is 1. The first-order valence-corrected chi connectivity index (χ1v) is 6.11. The monoisotopic (exact) mass is 259 g/mol. The van der Waals surface area contributed by atoms with Crippen LogP contribution in [0, 0.1) is 5.92 Å². The van der Waals surface area contributed by atoms with Gasteiger partial charge in [-0.1, -0.05) is 0 Å². The quantitative estimate of drug-likeness (QED) is 0.723. The van der Waals surface area contributed by atoms with Gasteiger partial charge in [0.2, 0.25) is 0 Å². The second kappa shape index (κ2) is 7.69. The van der Waals surface area contributed by atoms with Crippen molar-refractivity contribution in [3.8, 4) is 0 Å². The van der Waals surface area contributed by atoms with Crippen molar-refractivity contribution in [2.24, 2.45) is 13.0 Å². The van der Waals surface area contributed by atoms with Crippen molar-refractivity contribution in [3.05, 3.63) is 18.0 Å². The lowest BCUT2D eigenvalue weighted by atomic mass is 10.4. The summed E-state index contributed by atoms with van der Waals surface area (Å²) in [6.07, 6.45) is 5.80. The Labute approximate surface area is 109 Å². The predicted molar refractivity (Wildman–Crippen MR) is 70.3 cm³/mol. The van der Waals surface area contributed by atoms with Crippen molar-refractivity contribution in [1.82, 2.24) is 15.1 Å². The summed E-state index contributed by atoms with van der Waals surface area (Å²) in [7, 11) is 1.94. The van der Waals surface area contributed by atoms with Gasteiger partial charge in [-0.05, 0) is 37.8 Å². The fourth-order valence-corrected chi connectivity index (χ4v) is 1.61. The lowest BCUT2D eigenvalue weighted by Crippen LogP contribution is -2.17. The van der Waals surface area contributed by atoms with Gasteiger partial charge in [0.05, 0.1) is 5.69 Å². The molecule has 0 unspecified atom stereocenters. The molecule has 1 aromatic rings. The first kappa shape index (κ1) is 14.5. The third-order valence-electron chi connectivity index (χ3n) is 2.77. The minimum Gasteiger partial charge on any atom is -0.381 e. The van der Waals surface area contributed by atoms with E-state index < -0.39 is 0 Å². The summed E-state index contributed by atoms with van der Waals surface area (Å²) in [5.74, 6) is 0.876. The van der Waals surface area contributed by atoms with Gasteiger partial charge in [-0.15, -0.1) is 12.4 Å². The Bertz CT molecular complexity index is 312. The number of rotatable bonds is 8. The highest BCUT2D eigenvalue weighted by Gasteiger charge is 2.20. The highest BCUT2D eigenvalue weighted by molar-refractivity contribution is 5.85. The van der Waals surface area contributed by atoms with Gasteiger partial charge in [0.15, 0.2) is 0 Å². The molecule has 0 spiro atoms. The van der Waals surface area contributed by atoms with Crippen molar-refractivity contribution in [1.29, 1.82) is 0 Å². The summed E-state index contributed by atoms with van der Waals surface area (Å²) in [5, 5.41) is 7.66. The Morgan fingerprint density at radius 2 is 2.35 bits per heavy atom. The van der Waals surface area contributed by atoms with E-state index in [1.165, 1.54) is 12.8 Å². The predicted octanol–water partition coefficient (Wildman–Crippen LogP) is 1.75. The van der Waals surface area contributed by atoms with Gasteiger partial charge in [0, 0.05) is 33.0 Å². The van der Waals surface area contributed by atoms with Gasteiger partial charge in [-0.25, -0.2) is 0 Å². The number of aryl methyl sites for hydroxylation is 1. The molecule has 0 bridgehead atoms. The summed E-state index contributed by atoms with van der Waals surface area (Å²) < 4.78 is 7.38. The van der Waals surface area contributed by atoms with E-state index in [2.05, 4.69) is 10.4 Å². The molecular weight excluding hydrogens is 238 g/mol. The van der Waals surface area contributed by atoms with Crippen LogP contribution in [0.25, 0.3) is 0 Å². The molecular formula is C12H22ClN3O. The van der Waals surface area contributed by atoms with Crippen LogP contribution in [0.4, 0.5) is 0 Å². The second-order valence-electron chi connectivity index (χ2n) is 4.53. The molecule has 0 amide bonds. The summed E-state index contributed by atoms with van der Waals surface area (Å²) in [4.78, 5) is 0. The molecule has 1 aliphatic carbocycles. The number of ether oxygens (including phenoxy) is 1. The number of aromatic nitrogens is 2. The lowest BCUT2D eigenvalue weighted by Gasteiger charge is -2.04. The molecule has 1 heterocycles. The third kappa shape index (κ3) is 6.05. The van der Waals surface area contributed by atoms with Crippen LogP contribution < -0.4 is 5.32 Å². The van der Waals surface area contributed by atoms with Gasteiger partial charge >= 0.3 is 0 Å². The summed E-state index contributed by atoms with van der Waals surface area (Å²) in [5.41, 5.74) is 1.10. The molecule has 1 aromatic heterocycles. The van der Waals surface area contributed by atoms with Crippen LogP contribution in [-0.4, -0.2) is 29.5 Å². The number of hydrogen-bond acceptors (Lipinski definition) is 3. The molecule has 2 rings (SSSR count). The minimum absolute atomic E-state index is 0. The van der Waals surface area contributed by atoms with Gasteiger partial charge in [-0.2, -0.15) is 5.10 Å². The van der Waals surface area contributed by atoms with Gasteiger partial charge in [0.1, 0.15) is 0 Å². The van der Waals surface area contributed by atoms with Crippen LogP contribution in [0.1, 0.15) is 25.0 Å². The molecule has 4 nitrogen and oxygen atoms in total. The van der Waals surface area contributed by atoms with E-state index in [9.17, 15) is 0 Å². The van der Waals surface area contributed by atoms with Gasteiger partial charge in [0.25, 0.3) is 0 Å². The maximum absolute atomic E-state index is 5.55. The maximum Gasteiger partial charge on any atom is 0.0762 e. The normalized spacial score (nSPS) is 14.6. The highest BCUT2D eigenvalue weighted by atomic mass is 35.5. The molecule has 1 fully saturated rings. The van der Waals surface area contributed by atoms with Crippen molar-refractivity contribution in [2.45, 2.75) is 25.8 Å². The molecule has 0 atom stereocenters. The molecule has 5 heteroatoms. The van der Waals surface area contributed by atoms with E-state index in [-0.39, 0.29) is 12.4 Å². The maximum atomic E-state index is 5.55. The standard InChI is InChI=1S/C12H21N3O.ClH/c1-15-7-5-12(14-15)9-13-6-2-8-16-10-11-3-4-11;/h5,7,11,13H,2-4,6,8-10H2,1H3;1H. The summed E-state index contributed by atoms with van der Waals surface area (Å²) >= 11 is 0. The van der Waals surface area contributed by atoms with Crippen LogP contribution in [0.5, 0.6) is 0 Å². The van der Waals surface area contributed by atoms with Crippen molar-refractivity contribution in [3.63, 3.8) is 0 Å². The van der Waals surface area contributed by atoms with Crippen LogP contribution in [0.15, 0.2) is 12.3 Å². The second-order valence-corrected chi connectivity index (χ2v) is 4.53.